The molecule has 0 aliphatic carbocycles. The highest BCUT2D eigenvalue weighted by Crippen LogP contribution is 2.35. The summed E-state index contributed by atoms with van der Waals surface area (Å²) in [5, 5.41) is 19.1. The SMILES string of the molecule is CC(C)(O)c1ccc2cncc(NC(=O)C3CCNc4ccc(Cl)cc43)c2c1. The van der Waals surface area contributed by atoms with Crippen LogP contribution in [0.3, 0.4) is 0 Å². The van der Waals surface area contributed by atoms with Crippen molar-refractivity contribution in [1.29, 1.82) is 0 Å². The van der Waals surface area contributed by atoms with Crippen LogP contribution in [0.5, 0.6) is 0 Å². The van der Waals surface area contributed by atoms with Crippen molar-refractivity contribution >= 4 is 39.7 Å². The topological polar surface area (TPSA) is 74.2 Å². The number of carbonyl (C=O) groups excluding carboxylic acids is 1. The number of anilines is 2. The number of pyridine rings is 1. The van der Waals surface area contributed by atoms with Gasteiger partial charge in [-0.1, -0.05) is 23.7 Å². The molecule has 1 aliphatic rings. The maximum Gasteiger partial charge on any atom is 0.232 e. The number of rotatable bonds is 3. The van der Waals surface area contributed by atoms with Crippen LogP contribution in [-0.4, -0.2) is 22.5 Å². The van der Waals surface area contributed by atoms with Gasteiger partial charge in [0.15, 0.2) is 0 Å². The number of amides is 1. The van der Waals surface area contributed by atoms with E-state index in [0.717, 1.165) is 34.1 Å². The fourth-order valence-corrected chi connectivity index (χ4v) is 3.81. The quantitative estimate of drug-likeness (QED) is 0.603. The summed E-state index contributed by atoms with van der Waals surface area (Å²) in [4.78, 5) is 17.4. The molecule has 2 heterocycles. The molecule has 28 heavy (non-hydrogen) atoms. The molecule has 0 bridgehead atoms. The van der Waals surface area contributed by atoms with Crippen LogP contribution >= 0.6 is 11.6 Å². The van der Waals surface area contributed by atoms with Crippen molar-refractivity contribution in [2.45, 2.75) is 31.8 Å². The number of nitrogens with one attached hydrogen (secondary N) is 2. The maximum absolute atomic E-state index is 13.1. The minimum absolute atomic E-state index is 0.0898. The van der Waals surface area contributed by atoms with Crippen LogP contribution in [0.4, 0.5) is 11.4 Å². The molecule has 0 fully saturated rings. The van der Waals surface area contributed by atoms with Crippen LogP contribution in [0.2, 0.25) is 5.02 Å². The van der Waals surface area contributed by atoms with Crippen LogP contribution < -0.4 is 10.6 Å². The third-order valence-corrected chi connectivity index (χ3v) is 5.41. The minimum atomic E-state index is -0.969. The highest BCUT2D eigenvalue weighted by Gasteiger charge is 2.27. The van der Waals surface area contributed by atoms with E-state index in [0.29, 0.717) is 17.1 Å². The van der Waals surface area contributed by atoms with Gasteiger partial charge in [-0.3, -0.25) is 9.78 Å². The minimum Gasteiger partial charge on any atom is -0.386 e. The molecule has 1 aromatic heterocycles. The molecule has 1 unspecified atom stereocenters. The largest absolute Gasteiger partial charge is 0.386 e. The van der Waals surface area contributed by atoms with Gasteiger partial charge in [0, 0.05) is 34.2 Å². The van der Waals surface area contributed by atoms with Crippen molar-refractivity contribution in [3.05, 3.63) is 64.9 Å². The first kappa shape index (κ1) is 18.7. The van der Waals surface area contributed by atoms with Crippen LogP contribution in [0.1, 0.15) is 37.3 Å². The number of carbonyl (C=O) groups is 1. The molecule has 5 nitrogen and oxygen atoms in total. The number of aromatic nitrogens is 1. The van der Waals surface area contributed by atoms with Crippen molar-refractivity contribution < 1.29 is 9.90 Å². The second-order valence-corrected chi connectivity index (χ2v) is 8.11. The molecule has 1 atom stereocenters. The molecule has 2 aromatic carbocycles. The molecule has 0 saturated heterocycles. The first-order valence-corrected chi connectivity index (χ1v) is 9.65. The second kappa shape index (κ2) is 7.08. The van der Waals surface area contributed by atoms with Gasteiger partial charge >= 0.3 is 0 Å². The Kier molecular flexibility index (Phi) is 4.73. The van der Waals surface area contributed by atoms with Crippen LogP contribution in [0.15, 0.2) is 48.8 Å². The number of hydrogen-bond donors (Lipinski definition) is 3. The smallest absolute Gasteiger partial charge is 0.232 e. The van der Waals surface area contributed by atoms with Gasteiger partial charge < -0.3 is 15.7 Å². The lowest BCUT2D eigenvalue weighted by Crippen LogP contribution is -2.27. The summed E-state index contributed by atoms with van der Waals surface area (Å²) in [6.45, 7) is 4.20. The number of nitrogens with zero attached hydrogens (tertiary/aromatic N) is 1. The molecule has 4 rings (SSSR count). The molecule has 0 saturated carbocycles. The number of hydrogen-bond acceptors (Lipinski definition) is 4. The molecule has 0 spiro atoms. The average Bonchev–Trinajstić information content (AvgIpc) is 2.66. The Labute approximate surface area is 168 Å². The Hall–Kier alpha value is -2.63. The predicted octanol–water partition coefficient (Wildman–Crippen LogP) is 4.65. The van der Waals surface area contributed by atoms with E-state index in [9.17, 15) is 9.90 Å². The van der Waals surface area contributed by atoms with Crippen LogP contribution in [0.25, 0.3) is 10.8 Å². The summed E-state index contributed by atoms with van der Waals surface area (Å²) < 4.78 is 0. The molecule has 1 aliphatic heterocycles. The molecule has 0 radical (unpaired) electrons. The Morgan fingerprint density at radius 2 is 2.07 bits per heavy atom. The van der Waals surface area contributed by atoms with Crippen molar-refractivity contribution in [3.63, 3.8) is 0 Å². The van der Waals surface area contributed by atoms with Gasteiger partial charge in [-0.2, -0.15) is 0 Å². The Morgan fingerprint density at radius 3 is 2.86 bits per heavy atom. The zero-order chi connectivity index (χ0) is 19.9. The highest BCUT2D eigenvalue weighted by atomic mass is 35.5. The van der Waals surface area contributed by atoms with Crippen LogP contribution in [-0.2, 0) is 10.4 Å². The zero-order valence-electron chi connectivity index (χ0n) is 15.8. The van der Waals surface area contributed by atoms with E-state index in [1.54, 1.807) is 26.2 Å². The number of benzene rings is 2. The van der Waals surface area contributed by atoms with Gasteiger partial charge in [-0.05, 0) is 55.7 Å². The first-order valence-electron chi connectivity index (χ1n) is 9.28. The summed E-state index contributed by atoms with van der Waals surface area (Å²) in [5.41, 5.74) is 2.29. The number of halogens is 1. The molecular formula is C22H22ClN3O2. The predicted molar refractivity (Wildman–Crippen MR) is 113 cm³/mol. The van der Waals surface area contributed by atoms with Gasteiger partial charge in [0.2, 0.25) is 5.91 Å². The summed E-state index contributed by atoms with van der Waals surface area (Å²) >= 11 is 6.15. The van der Waals surface area contributed by atoms with Crippen molar-refractivity contribution in [1.82, 2.24) is 4.98 Å². The van der Waals surface area contributed by atoms with E-state index in [4.69, 9.17) is 11.6 Å². The molecular weight excluding hydrogens is 374 g/mol. The maximum atomic E-state index is 13.1. The van der Waals surface area contributed by atoms with E-state index >= 15 is 0 Å². The monoisotopic (exact) mass is 395 g/mol. The molecule has 6 heteroatoms. The van der Waals surface area contributed by atoms with Gasteiger partial charge in [0.25, 0.3) is 0 Å². The van der Waals surface area contributed by atoms with Gasteiger partial charge in [-0.25, -0.2) is 0 Å². The summed E-state index contributed by atoms with van der Waals surface area (Å²) in [7, 11) is 0. The third-order valence-electron chi connectivity index (χ3n) is 5.18. The van der Waals surface area contributed by atoms with E-state index in [1.165, 1.54) is 0 Å². The van der Waals surface area contributed by atoms with Gasteiger partial charge in [0.1, 0.15) is 0 Å². The molecule has 1 amide bonds. The van der Waals surface area contributed by atoms with Crippen molar-refractivity contribution in [2.75, 3.05) is 17.2 Å². The lowest BCUT2D eigenvalue weighted by atomic mass is 9.90. The number of aliphatic hydroxyl groups is 1. The molecule has 3 aromatic rings. The van der Waals surface area contributed by atoms with Crippen molar-refractivity contribution in [3.8, 4) is 0 Å². The first-order chi connectivity index (χ1) is 13.3. The lowest BCUT2D eigenvalue weighted by molar-refractivity contribution is -0.117. The zero-order valence-corrected chi connectivity index (χ0v) is 16.5. The second-order valence-electron chi connectivity index (χ2n) is 7.67. The van der Waals surface area contributed by atoms with Gasteiger partial charge in [-0.15, -0.1) is 0 Å². The van der Waals surface area contributed by atoms with E-state index in [2.05, 4.69) is 15.6 Å². The fraction of sp³-hybridized carbons (Fsp3) is 0.273. The molecule has 144 valence electrons. The van der Waals surface area contributed by atoms with E-state index in [-0.39, 0.29) is 11.8 Å². The standard InChI is InChI=1S/C22H22ClN3O2/c1-22(2,28)14-4-3-13-11-24-12-20(17(13)9-14)26-21(27)16-7-8-25-19-6-5-15(23)10-18(16)19/h3-6,9-12,16,25,28H,7-8H2,1-2H3,(H,26,27). The average molecular weight is 396 g/mol. The third kappa shape index (κ3) is 3.55. The van der Waals surface area contributed by atoms with E-state index < -0.39 is 5.60 Å². The van der Waals surface area contributed by atoms with E-state index in [1.807, 2.05) is 36.4 Å². The number of fused-ring (bicyclic) bond motifs is 2. The Bertz CT molecular complexity index is 1060. The van der Waals surface area contributed by atoms with Crippen LogP contribution in [0, 0.1) is 0 Å². The normalized spacial score (nSPS) is 16.4. The summed E-state index contributed by atoms with van der Waals surface area (Å²) in [6, 6.07) is 11.3. The Balaban J connectivity index is 1.69. The fourth-order valence-electron chi connectivity index (χ4n) is 3.63. The van der Waals surface area contributed by atoms with Gasteiger partial charge in [0.05, 0.1) is 23.4 Å². The summed E-state index contributed by atoms with van der Waals surface area (Å²) in [5.74, 6) is -0.379. The Morgan fingerprint density at radius 1 is 1.25 bits per heavy atom. The molecule has 3 N–H and O–H groups in total. The summed E-state index contributed by atoms with van der Waals surface area (Å²) in [6.07, 6.45) is 4.08. The lowest BCUT2D eigenvalue weighted by Gasteiger charge is -2.26. The highest BCUT2D eigenvalue weighted by molar-refractivity contribution is 6.30. The van der Waals surface area contributed by atoms with Crippen molar-refractivity contribution in [2.24, 2.45) is 0 Å².